The van der Waals surface area contributed by atoms with Crippen molar-refractivity contribution in [2.75, 3.05) is 6.61 Å². The fourth-order valence-corrected chi connectivity index (χ4v) is 2.44. The summed E-state index contributed by atoms with van der Waals surface area (Å²) in [4.78, 5) is 11.4. The molecule has 1 heterocycles. The number of aryl methyl sites for hydroxylation is 1. The van der Waals surface area contributed by atoms with Crippen LogP contribution in [0.25, 0.3) is 6.08 Å². The number of ketones is 1. The summed E-state index contributed by atoms with van der Waals surface area (Å²) < 4.78 is 12.0. The fraction of sp³-hybridized carbons (Fsp3) is 0.500. The van der Waals surface area contributed by atoms with Crippen LogP contribution in [0.3, 0.4) is 0 Å². The maximum atomic E-state index is 11.4. The third-order valence-corrected chi connectivity index (χ3v) is 4.76. The van der Waals surface area contributed by atoms with E-state index in [0.29, 0.717) is 11.0 Å². The molecular formula is C18H25BO4. The Kier molecular flexibility index (Phi) is 4.85. The van der Waals surface area contributed by atoms with Crippen LogP contribution in [0.4, 0.5) is 0 Å². The van der Waals surface area contributed by atoms with Gasteiger partial charge in [0.1, 0.15) is 0 Å². The van der Waals surface area contributed by atoms with Crippen LogP contribution in [0.1, 0.15) is 56.1 Å². The van der Waals surface area contributed by atoms with Gasteiger partial charge in [-0.3, -0.25) is 4.79 Å². The maximum absolute atomic E-state index is 11.4. The molecule has 1 aliphatic rings. The van der Waals surface area contributed by atoms with E-state index in [1.54, 1.807) is 13.0 Å². The lowest BCUT2D eigenvalue weighted by Gasteiger charge is -2.32. The zero-order chi connectivity index (χ0) is 17.4. The molecule has 2 rings (SSSR count). The summed E-state index contributed by atoms with van der Waals surface area (Å²) in [6.45, 7) is 11.3. The van der Waals surface area contributed by atoms with Crippen molar-refractivity contribution in [3.63, 3.8) is 0 Å². The Hall–Kier alpha value is -1.43. The molecule has 0 spiro atoms. The molecule has 4 nitrogen and oxygen atoms in total. The largest absolute Gasteiger partial charge is 0.492 e. The number of carbonyl (C=O) groups is 1. The molecule has 23 heavy (non-hydrogen) atoms. The Balaban J connectivity index is 2.32. The summed E-state index contributed by atoms with van der Waals surface area (Å²) in [7, 11) is -0.572. The monoisotopic (exact) mass is 316 g/mol. The standard InChI is InChI=1S/C18H25BO4/c1-12-9-15(13(2)21)8-7-14(12)10-16(11-20)19-22-17(3,4)18(5,6)23-19/h7-10,20H,11H2,1-6H3. The molecule has 1 N–H and O–H groups in total. The minimum atomic E-state index is -0.572. The number of Topliss-reactive ketones (excluding diaryl/α,β-unsaturated/α-hetero) is 1. The van der Waals surface area contributed by atoms with Crippen LogP contribution in [-0.2, 0) is 9.31 Å². The van der Waals surface area contributed by atoms with Crippen LogP contribution in [-0.4, -0.2) is 35.8 Å². The van der Waals surface area contributed by atoms with Gasteiger partial charge in [-0.2, -0.15) is 0 Å². The smallest absolute Gasteiger partial charge is 0.400 e. The summed E-state index contributed by atoms with van der Waals surface area (Å²) >= 11 is 0. The lowest BCUT2D eigenvalue weighted by atomic mass is 9.77. The van der Waals surface area contributed by atoms with E-state index in [4.69, 9.17) is 9.31 Å². The molecule has 1 aliphatic heterocycles. The van der Waals surface area contributed by atoms with Gasteiger partial charge < -0.3 is 14.4 Å². The molecule has 5 heteroatoms. The van der Waals surface area contributed by atoms with Crippen molar-refractivity contribution in [2.24, 2.45) is 0 Å². The summed E-state index contributed by atoms with van der Waals surface area (Å²) in [5, 5.41) is 9.74. The molecule has 0 saturated carbocycles. The van der Waals surface area contributed by atoms with Crippen molar-refractivity contribution >= 4 is 19.0 Å². The zero-order valence-electron chi connectivity index (χ0n) is 14.8. The molecular weight excluding hydrogens is 291 g/mol. The second kappa shape index (κ2) is 6.23. The summed E-state index contributed by atoms with van der Waals surface area (Å²) in [5.41, 5.74) is 2.37. The van der Waals surface area contributed by atoms with Gasteiger partial charge in [0.2, 0.25) is 0 Å². The molecule has 0 atom stereocenters. The molecule has 124 valence electrons. The first kappa shape index (κ1) is 17.9. The minimum Gasteiger partial charge on any atom is -0.400 e. The SMILES string of the molecule is CC(=O)c1ccc(C=C(CO)B2OC(C)(C)C(C)(C)O2)c(C)c1. The van der Waals surface area contributed by atoms with E-state index in [9.17, 15) is 9.90 Å². The first-order chi connectivity index (χ1) is 10.6. The van der Waals surface area contributed by atoms with Crippen molar-refractivity contribution in [1.82, 2.24) is 0 Å². The number of benzene rings is 1. The molecule has 1 fully saturated rings. The van der Waals surface area contributed by atoms with Gasteiger partial charge in [-0.25, -0.2) is 0 Å². The highest BCUT2D eigenvalue weighted by Crippen LogP contribution is 2.38. The van der Waals surface area contributed by atoms with Gasteiger partial charge in [0.25, 0.3) is 0 Å². The number of hydrogen-bond acceptors (Lipinski definition) is 4. The number of rotatable bonds is 4. The lowest BCUT2D eigenvalue weighted by Crippen LogP contribution is -2.41. The van der Waals surface area contributed by atoms with Crippen molar-refractivity contribution in [2.45, 2.75) is 52.7 Å². The predicted octanol–water partition coefficient (Wildman–Crippen LogP) is 3.20. The average molecular weight is 316 g/mol. The number of aliphatic hydroxyl groups excluding tert-OH is 1. The number of carbonyl (C=O) groups excluding carboxylic acids is 1. The van der Waals surface area contributed by atoms with Crippen LogP contribution in [0.5, 0.6) is 0 Å². The van der Waals surface area contributed by atoms with E-state index >= 15 is 0 Å². The maximum Gasteiger partial charge on any atom is 0.492 e. The van der Waals surface area contributed by atoms with Crippen molar-refractivity contribution in [3.05, 3.63) is 40.4 Å². The lowest BCUT2D eigenvalue weighted by molar-refractivity contribution is 0.00578. The highest BCUT2D eigenvalue weighted by Gasteiger charge is 2.52. The van der Waals surface area contributed by atoms with Crippen molar-refractivity contribution < 1.29 is 19.2 Å². The Morgan fingerprint density at radius 3 is 2.22 bits per heavy atom. The van der Waals surface area contributed by atoms with Gasteiger partial charge in [-0.15, -0.1) is 0 Å². The second-order valence-corrected chi connectivity index (χ2v) is 7.09. The Bertz CT molecular complexity index is 630. The van der Waals surface area contributed by atoms with Crippen LogP contribution in [0, 0.1) is 6.92 Å². The Labute approximate surface area is 138 Å². The van der Waals surface area contributed by atoms with Crippen molar-refractivity contribution in [1.29, 1.82) is 0 Å². The quantitative estimate of drug-likeness (QED) is 0.684. The Morgan fingerprint density at radius 2 is 1.78 bits per heavy atom. The Morgan fingerprint density at radius 1 is 1.22 bits per heavy atom. The molecule has 0 amide bonds. The van der Waals surface area contributed by atoms with Gasteiger partial charge in [0.15, 0.2) is 5.78 Å². The molecule has 0 aliphatic carbocycles. The van der Waals surface area contributed by atoms with Crippen LogP contribution < -0.4 is 0 Å². The molecule has 1 saturated heterocycles. The van der Waals surface area contributed by atoms with Gasteiger partial charge in [0.05, 0.1) is 17.8 Å². The number of hydrogen-bond donors (Lipinski definition) is 1. The summed E-state index contributed by atoms with van der Waals surface area (Å²) in [5.74, 6) is 0.0389. The van der Waals surface area contributed by atoms with Gasteiger partial charge in [-0.1, -0.05) is 18.2 Å². The third-order valence-electron chi connectivity index (χ3n) is 4.76. The van der Waals surface area contributed by atoms with Crippen LogP contribution in [0.15, 0.2) is 23.7 Å². The zero-order valence-corrected chi connectivity index (χ0v) is 14.8. The van der Waals surface area contributed by atoms with E-state index in [0.717, 1.165) is 11.1 Å². The first-order valence-corrected chi connectivity index (χ1v) is 7.86. The van der Waals surface area contributed by atoms with Gasteiger partial charge in [0, 0.05) is 5.56 Å². The summed E-state index contributed by atoms with van der Waals surface area (Å²) in [6.07, 6.45) is 1.88. The predicted molar refractivity (Wildman–Crippen MR) is 92.3 cm³/mol. The molecule has 0 aromatic heterocycles. The molecule has 0 radical (unpaired) electrons. The number of aliphatic hydroxyl groups is 1. The summed E-state index contributed by atoms with van der Waals surface area (Å²) in [6, 6.07) is 5.53. The van der Waals surface area contributed by atoms with E-state index < -0.39 is 18.3 Å². The van der Waals surface area contributed by atoms with E-state index in [2.05, 4.69) is 0 Å². The molecule has 1 aromatic carbocycles. The second-order valence-electron chi connectivity index (χ2n) is 7.09. The van der Waals surface area contributed by atoms with Crippen LogP contribution >= 0.6 is 0 Å². The fourth-order valence-electron chi connectivity index (χ4n) is 2.44. The third kappa shape index (κ3) is 3.57. The minimum absolute atomic E-state index is 0.0389. The molecule has 1 aromatic rings. The normalized spacial score (nSPS) is 20.0. The van der Waals surface area contributed by atoms with Gasteiger partial charge >= 0.3 is 7.12 Å². The van der Waals surface area contributed by atoms with E-state index in [1.165, 1.54) is 0 Å². The van der Waals surface area contributed by atoms with Crippen molar-refractivity contribution in [3.8, 4) is 0 Å². The van der Waals surface area contributed by atoms with Gasteiger partial charge in [-0.05, 0) is 64.2 Å². The first-order valence-electron chi connectivity index (χ1n) is 7.86. The molecule has 0 unspecified atom stereocenters. The highest BCUT2D eigenvalue weighted by atomic mass is 16.7. The van der Waals surface area contributed by atoms with E-state index in [-0.39, 0.29) is 12.4 Å². The van der Waals surface area contributed by atoms with Crippen LogP contribution in [0.2, 0.25) is 0 Å². The highest BCUT2D eigenvalue weighted by molar-refractivity contribution is 6.55. The average Bonchev–Trinajstić information content (AvgIpc) is 2.65. The van der Waals surface area contributed by atoms with E-state index in [1.807, 2.05) is 52.8 Å². The molecule has 0 bridgehead atoms. The topological polar surface area (TPSA) is 55.8 Å².